The molecule has 0 bridgehead atoms. The molecule has 31 heavy (non-hydrogen) atoms. The molecule has 158 valence electrons. The van der Waals surface area contributed by atoms with Crippen molar-refractivity contribution >= 4 is 22.8 Å². The fraction of sp³-hybridized carbons (Fsp3) is 0.250. The Morgan fingerprint density at radius 2 is 2.06 bits per heavy atom. The first-order chi connectivity index (χ1) is 14.8. The molecule has 0 fully saturated rings. The summed E-state index contributed by atoms with van der Waals surface area (Å²) in [4.78, 5) is 27.9. The van der Waals surface area contributed by atoms with E-state index in [2.05, 4.69) is 11.2 Å². The van der Waals surface area contributed by atoms with E-state index < -0.39 is 23.2 Å². The molecule has 1 N–H and O–H groups in total. The van der Waals surface area contributed by atoms with Gasteiger partial charge in [0.1, 0.15) is 18.0 Å². The predicted octanol–water partition coefficient (Wildman–Crippen LogP) is 3.68. The van der Waals surface area contributed by atoms with Crippen molar-refractivity contribution in [2.75, 3.05) is 13.2 Å². The number of hydrogen-bond donors (Lipinski definition) is 1. The second-order valence-corrected chi connectivity index (χ2v) is 7.66. The number of nitrogens with one attached hydrogen (secondary N) is 1. The molecule has 0 aliphatic carbocycles. The third kappa shape index (κ3) is 3.50. The SMILES string of the molecule is C#CCN1C(=O)c2oc3ccc(F)cc3c2OC[C@]1(C)C(=O)N[C@@H](C)c1ccccc1. The molecule has 4 rings (SSSR count). The summed E-state index contributed by atoms with van der Waals surface area (Å²) in [5.74, 6) is 0.925. The lowest BCUT2D eigenvalue weighted by Crippen LogP contribution is -2.61. The summed E-state index contributed by atoms with van der Waals surface area (Å²) in [6.07, 6.45) is 5.50. The molecule has 0 radical (unpaired) electrons. The number of furan rings is 1. The molecule has 6 nitrogen and oxygen atoms in total. The van der Waals surface area contributed by atoms with E-state index in [-0.39, 0.29) is 30.7 Å². The van der Waals surface area contributed by atoms with E-state index in [4.69, 9.17) is 15.6 Å². The van der Waals surface area contributed by atoms with Crippen LogP contribution in [0.15, 0.2) is 52.9 Å². The Kier molecular flexibility index (Phi) is 5.15. The Morgan fingerprint density at radius 3 is 2.77 bits per heavy atom. The molecule has 2 aromatic carbocycles. The quantitative estimate of drug-likeness (QED) is 0.654. The maximum absolute atomic E-state index is 13.8. The minimum atomic E-state index is -1.41. The van der Waals surface area contributed by atoms with Crippen molar-refractivity contribution in [3.8, 4) is 18.1 Å². The van der Waals surface area contributed by atoms with Crippen LogP contribution < -0.4 is 10.1 Å². The molecule has 3 aromatic rings. The summed E-state index contributed by atoms with van der Waals surface area (Å²) in [5, 5.41) is 3.26. The van der Waals surface area contributed by atoms with Crippen LogP contribution in [0.1, 0.15) is 36.0 Å². The highest BCUT2D eigenvalue weighted by Gasteiger charge is 2.48. The van der Waals surface area contributed by atoms with Gasteiger partial charge in [-0.15, -0.1) is 6.42 Å². The van der Waals surface area contributed by atoms with Gasteiger partial charge in [0.15, 0.2) is 11.3 Å². The maximum atomic E-state index is 13.8. The van der Waals surface area contributed by atoms with Crippen LogP contribution in [-0.4, -0.2) is 35.4 Å². The Bertz CT molecular complexity index is 1200. The first kappa shape index (κ1) is 20.5. The third-order valence-electron chi connectivity index (χ3n) is 5.52. The van der Waals surface area contributed by atoms with E-state index in [1.807, 2.05) is 37.3 Å². The zero-order valence-corrected chi connectivity index (χ0v) is 17.1. The Morgan fingerprint density at radius 1 is 1.32 bits per heavy atom. The number of halogens is 1. The molecule has 1 aromatic heterocycles. The molecule has 0 saturated carbocycles. The highest BCUT2D eigenvalue weighted by molar-refractivity contribution is 6.04. The normalized spacial score (nSPS) is 19.2. The number of fused-ring (bicyclic) bond motifs is 3. The van der Waals surface area contributed by atoms with Gasteiger partial charge in [-0.3, -0.25) is 9.59 Å². The minimum absolute atomic E-state index is 0.106. The number of ether oxygens (including phenoxy) is 1. The molecule has 2 amide bonds. The zero-order valence-electron chi connectivity index (χ0n) is 17.1. The van der Waals surface area contributed by atoms with Crippen LogP contribution in [0.2, 0.25) is 0 Å². The number of rotatable bonds is 4. The average Bonchev–Trinajstić information content (AvgIpc) is 3.08. The number of benzene rings is 2. The monoisotopic (exact) mass is 420 g/mol. The second-order valence-electron chi connectivity index (χ2n) is 7.66. The lowest BCUT2D eigenvalue weighted by Gasteiger charge is -2.37. The van der Waals surface area contributed by atoms with Crippen LogP contribution in [0, 0.1) is 18.2 Å². The minimum Gasteiger partial charge on any atom is -0.486 e. The molecule has 0 unspecified atom stereocenters. The van der Waals surface area contributed by atoms with Crippen molar-refractivity contribution in [1.82, 2.24) is 10.2 Å². The summed E-state index contributed by atoms with van der Waals surface area (Å²) in [7, 11) is 0. The number of hydrogen-bond acceptors (Lipinski definition) is 4. The predicted molar refractivity (Wildman–Crippen MR) is 113 cm³/mol. The number of nitrogens with zero attached hydrogens (tertiary/aromatic N) is 1. The summed E-state index contributed by atoms with van der Waals surface area (Å²) < 4.78 is 25.3. The standard InChI is InChI=1S/C24H21FN2O4/c1-4-12-27-22(28)21-20(18-13-17(25)10-11-19(18)31-21)30-14-24(27,3)23(29)26-15(2)16-8-6-5-7-9-16/h1,5-11,13,15H,12,14H2,2-3H3,(H,26,29)/t15-,24+/m0/s1. The van der Waals surface area contributed by atoms with Crippen LogP contribution in [0.4, 0.5) is 4.39 Å². The number of carbonyl (C=O) groups excluding carboxylic acids is 2. The van der Waals surface area contributed by atoms with E-state index in [1.54, 1.807) is 6.92 Å². The lowest BCUT2D eigenvalue weighted by molar-refractivity contribution is -0.133. The van der Waals surface area contributed by atoms with Gasteiger partial charge in [0.05, 0.1) is 18.0 Å². The Labute approximate surface area is 179 Å². The fourth-order valence-corrected chi connectivity index (χ4v) is 3.67. The number of carbonyl (C=O) groups is 2. The van der Waals surface area contributed by atoms with Gasteiger partial charge in [-0.2, -0.15) is 0 Å². The van der Waals surface area contributed by atoms with Crippen LogP contribution in [0.25, 0.3) is 11.0 Å². The first-order valence-electron chi connectivity index (χ1n) is 9.81. The third-order valence-corrected chi connectivity index (χ3v) is 5.52. The Balaban J connectivity index is 1.70. The van der Waals surface area contributed by atoms with Crippen LogP contribution in [-0.2, 0) is 4.79 Å². The molecule has 0 saturated heterocycles. The summed E-state index contributed by atoms with van der Waals surface area (Å²) in [5.41, 5.74) is -0.184. The highest BCUT2D eigenvalue weighted by Crippen LogP contribution is 2.38. The van der Waals surface area contributed by atoms with E-state index in [0.717, 1.165) is 5.56 Å². The first-order valence-corrected chi connectivity index (χ1v) is 9.81. The van der Waals surface area contributed by atoms with Crippen molar-refractivity contribution in [3.05, 3.63) is 65.7 Å². The topological polar surface area (TPSA) is 71.8 Å². The van der Waals surface area contributed by atoms with Gasteiger partial charge in [0.25, 0.3) is 5.91 Å². The van der Waals surface area contributed by atoms with Gasteiger partial charge in [0.2, 0.25) is 11.7 Å². The number of amides is 2. The molecular formula is C24H21FN2O4. The summed E-state index contributed by atoms with van der Waals surface area (Å²) in [6.45, 7) is 3.13. The molecule has 1 aliphatic rings. The van der Waals surface area contributed by atoms with Crippen molar-refractivity contribution in [3.63, 3.8) is 0 Å². The summed E-state index contributed by atoms with van der Waals surface area (Å²) in [6, 6.07) is 13.0. The van der Waals surface area contributed by atoms with Gasteiger partial charge >= 0.3 is 0 Å². The van der Waals surface area contributed by atoms with Gasteiger partial charge in [0, 0.05) is 0 Å². The Hall–Kier alpha value is -3.79. The maximum Gasteiger partial charge on any atom is 0.295 e. The largest absolute Gasteiger partial charge is 0.486 e. The van der Waals surface area contributed by atoms with Crippen LogP contribution in [0.5, 0.6) is 5.75 Å². The van der Waals surface area contributed by atoms with Crippen LogP contribution >= 0.6 is 0 Å². The van der Waals surface area contributed by atoms with Crippen molar-refractivity contribution < 1.29 is 23.1 Å². The molecule has 7 heteroatoms. The van der Waals surface area contributed by atoms with E-state index in [0.29, 0.717) is 11.0 Å². The summed E-state index contributed by atoms with van der Waals surface area (Å²) >= 11 is 0. The fourth-order valence-electron chi connectivity index (χ4n) is 3.67. The van der Waals surface area contributed by atoms with Gasteiger partial charge < -0.3 is 19.4 Å². The lowest BCUT2D eigenvalue weighted by atomic mass is 9.98. The van der Waals surface area contributed by atoms with E-state index in [9.17, 15) is 14.0 Å². The smallest absolute Gasteiger partial charge is 0.295 e. The van der Waals surface area contributed by atoms with Crippen molar-refractivity contribution in [2.45, 2.75) is 25.4 Å². The van der Waals surface area contributed by atoms with Gasteiger partial charge in [-0.1, -0.05) is 36.3 Å². The molecule has 1 aliphatic heterocycles. The second kappa shape index (κ2) is 7.80. The average molecular weight is 420 g/mol. The molecule has 0 spiro atoms. The van der Waals surface area contributed by atoms with Crippen molar-refractivity contribution in [1.29, 1.82) is 0 Å². The number of terminal acetylenes is 1. The molecular weight excluding hydrogens is 399 g/mol. The van der Waals surface area contributed by atoms with E-state index in [1.165, 1.54) is 23.1 Å². The van der Waals surface area contributed by atoms with Crippen molar-refractivity contribution in [2.24, 2.45) is 0 Å². The van der Waals surface area contributed by atoms with E-state index >= 15 is 0 Å². The van der Waals surface area contributed by atoms with Crippen LogP contribution in [0.3, 0.4) is 0 Å². The molecule has 2 atom stereocenters. The highest BCUT2D eigenvalue weighted by atomic mass is 19.1. The van der Waals surface area contributed by atoms with Gasteiger partial charge in [-0.25, -0.2) is 4.39 Å². The molecule has 2 heterocycles. The van der Waals surface area contributed by atoms with Gasteiger partial charge in [-0.05, 0) is 37.6 Å². The zero-order chi connectivity index (χ0) is 22.2.